The van der Waals surface area contributed by atoms with Crippen LogP contribution in [-0.4, -0.2) is 33.2 Å². The summed E-state index contributed by atoms with van der Waals surface area (Å²) in [4.78, 5) is 12.0. The summed E-state index contributed by atoms with van der Waals surface area (Å²) in [5, 5.41) is 6.98. The number of ether oxygens (including phenoxy) is 2. The Labute approximate surface area is 163 Å². The summed E-state index contributed by atoms with van der Waals surface area (Å²) in [7, 11) is 3.23. The van der Waals surface area contributed by atoms with E-state index in [-0.39, 0.29) is 5.91 Å². The van der Waals surface area contributed by atoms with Crippen molar-refractivity contribution in [3.63, 3.8) is 0 Å². The second-order valence-electron chi connectivity index (χ2n) is 5.61. The zero-order valence-electron chi connectivity index (χ0n) is 14.8. The van der Waals surface area contributed by atoms with E-state index < -0.39 is 0 Å². The number of hydrogen-bond acceptors (Lipinski definition) is 4. The Balaban J connectivity index is 1.71. The minimum absolute atomic E-state index is 0.104. The summed E-state index contributed by atoms with van der Waals surface area (Å²) < 4.78 is 10.5. The van der Waals surface area contributed by atoms with Crippen LogP contribution >= 0.6 is 23.2 Å². The third-order valence-electron chi connectivity index (χ3n) is 3.77. The number of halogens is 2. The molecular formula is C19H22Cl2N2O3. The molecule has 0 unspecified atom stereocenters. The number of rotatable bonds is 9. The van der Waals surface area contributed by atoms with Crippen molar-refractivity contribution >= 4 is 34.8 Å². The molecule has 0 atom stereocenters. The smallest absolute Gasteiger partial charge is 0.225 e. The Morgan fingerprint density at radius 2 is 1.77 bits per heavy atom. The number of benzene rings is 2. The van der Waals surface area contributed by atoms with Gasteiger partial charge in [-0.05, 0) is 48.9 Å². The molecule has 5 nitrogen and oxygen atoms in total. The van der Waals surface area contributed by atoms with Crippen LogP contribution in [0.25, 0.3) is 0 Å². The molecule has 0 aromatic heterocycles. The number of methoxy groups -OCH3 is 2. The third kappa shape index (κ3) is 6.09. The highest BCUT2D eigenvalue weighted by molar-refractivity contribution is 6.36. The highest BCUT2D eigenvalue weighted by Crippen LogP contribution is 2.27. The van der Waals surface area contributed by atoms with Gasteiger partial charge in [-0.1, -0.05) is 29.3 Å². The number of nitrogens with one attached hydrogen (secondary N) is 2. The Hall–Kier alpha value is -1.95. The van der Waals surface area contributed by atoms with Crippen LogP contribution in [0, 0.1) is 0 Å². The minimum atomic E-state index is -0.104. The zero-order valence-corrected chi connectivity index (χ0v) is 16.3. The Morgan fingerprint density at radius 3 is 2.46 bits per heavy atom. The van der Waals surface area contributed by atoms with Crippen LogP contribution in [0.15, 0.2) is 36.4 Å². The quantitative estimate of drug-likeness (QED) is 0.624. The molecule has 0 fully saturated rings. The normalized spacial score (nSPS) is 10.5. The van der Waals surface area contributed by atoms with Gasteiger partial charge in [0, 0.05) is 18.0 Å². The van der Waals surface area contributed by atoms with Crippen LogP contribution in [-0.2, 0) is 11.2 Å². The molecule has 0 aliphatic heterocycles. The second-order valence-corrected chi connectivity index (χ2v) is 6.46. The summed E-state index contributed by atoms with van der Waals surface area (Å²) in [6, 6.07) is 10.8. The minimum Gasteiger partial charge on any atom is -0.493 e. The van der Waals surface area contributed by atoms with Crippen molar-refractivity contribution in [3.8, 4) is 11.5 Å². The molecule has 0 radical (unpaired) electrons. The van der Waals surface area contributed by atoms with E-state index >= 15 is 0 Å². The van der Waals surface area contributed by atoms with Crippen molar-refractivity contribution in [3.05, 3.63) is 52.0 Å². The van der Waals surface area contributed by atoms with Crippen LogP contribution in [0.4, 0.5) is 5.69 Å². The molecule has 26 heavy (non-hydrogen) atoms. The molecule has 0 spiro atoms. The number of carbonyl (C=O) groups excluding carboxylic acids is 1. The van der Waals surface area contributed by atoms with E-state index in [1.807, 2.05) is 18.2 Å². The number of carbonyl (C=O) groups is 1. The number of anilines is 1. The summed E-state index contributed by atoms with van der Waals surface area (Å²) in [6.45, 7) is 1.33. The van der Waals surface area contributed by atoms with Gasteiger partial charge in [0.2, 0.25) is 5.91 Å². The monoisotopic (exact) mass is 396 g/mol. The lowest BCUT2D eigenvalue weighted by molar-refractivity contribution is -0.116. The van der Waals surface area contributed by atoms with Crippen LogP contribution in [0.2, 0.25) is 10.0 Å². The molecule has 2 rings (SSSR count). The summed E-state index contributed by atoms with van der Waals surface area (Å²) in [5.41, 5.74) is 1.69. The molecule has 0 aliphatic rings. The predicted octanol–water partition coefficient (Wildman–Crippen LogP) is 4.17. The molecule has 0 aliphatic carbocycles. The van der Waals surface area contributed by atoms with Crippen molar-refractivity contribution in [1.29, 1.82) is 0 Å². The fraction of sp³-hybridized carbons (Fsp3) is 0.316. The SMILES string of the molecule is COc1ccc(CCNCCC(=O)Nc2ccc(Cl)cc2Cl)cc1OC. The molecule has 7 heteroatoms. The van der Waals surface area contributed by atoms with E-state index in [0.717, 1.165) is 18.5 Å². The fourth-order valence-corrected chi connectivity index (χ4v) is 2.86. The number of hydrogen-bond donors (Lipinski definition) is 2. The van der Waals surface area contributed by atoms with Crippen molar-refractivity contribution in [2.45, 2.75) is 12.8 Å². The van der Waals surface area contributed by atoms with Crippen molar-refractivity contribution in [1.82, 2.24) is 5.32 Å². The molecule has 2 aromatic carbocycles. The van der Waals surface area contributed by atoms with Gasteiger partial charge in [0.1, 0.15) is 0 Å². The first-order chi connectivity index (χ1) is 12.5. The van der Waals surface area contributed by atoms with Gasteiger partial charge in [0.25, 0.3) is 0 Å². The molecule has 2 N–H and O–H groups in total. The lowest BCUT2D eigenvalue weighted by Gasteiger charge is -2.10. The molecule has 140 valence electrons. The van der Waals surface area contributed by atoms with E-state index in [0.29, 0.717) is 40.2 Å². The predicted molar refractivity (Wildman–Crippen MR) is 106 cm³/mol. The molecule has 2 aromatic rings. The van der Waals surface area contributed by atoms with Gasteiger partial charge < -0.3 is 20.1 Å². The van der Waals surface area contributed by atoms with Gasteiger partial charge in [-0.15, -0.1) is 0 Å². The average Bonchev–Trinajstić information content (AvgIpc) is 2.63. The van der Waals surface area contributed by atoms with Crippen LogP contribution in [0.3, 0.4) is 0 Å². The van der Waals surface area contributed by atoms with E-state index in [9.17, 15) is 4.79 Å². The Bertz CT molecular complexity index is 754. The maximum atomic E-state index is 12.0. The first kappa shape index (κ1) is 20.4. The zero-order chi connectivity index (χ0) is 18.9. The van der Waals surface area contributed by atoms with Gasteiger partial charge in [-0.3, -0.25) is 4.79 Å². The highest BCUT2D eigenvalue weighted by atomic mass is 35.5. The topological polar surface area (TPSA) is 59.6 Å². The lowest BCUT2D eigenvalue weighted by atomic mass is 10.1. The van der Waals surface area contributed by atoms with Gasteiger partial charge in [0.05, 0.1) is 24.9 Å². The van der Waals surface area contributed by atoms with E-state index in [2.05, 4.69) is 10.6 Å². The summed E-state index contributed by atoms with van der Waals surface area (Å²) >= 11 is 11.9. The molecule has 0 saturated carbocycles. The van der Waals surface area contributed by atoms with E-state index in [1.54, 1.807) is 32.4 Å². The van der Waals surface area contributed by atoms with Crippen LogP contribution < -0.4 is 20.1 Å². The van der Waals surface area contributed by atoms with Gasteiger partial charge in [-0.25, -0.2) is 0 Å². The molecule has 1 amide bonds. The van der Waals surface area contributed by atoms with Gasteiger partial charge in [-0.2, -0.15) is 0 Å². The largest absolute Gasteiger partial charge is 0.493 e. The lowest BCUT2D eigenvalue weighted by Crippen LogP contribution is -2.23. The van der Waals surface area contributed by atoms with E-state index in [1.165, 1.54) is 0 Å². The molecular weight excluding hydrogens is 375 g/mol. The highest BCUT2D eigenvalue weighted by Gasteiger charge is 2.07. The van der Waals surface area contributed by atoms with Crippen molar-refractivity contribution in [2.75, 3.05) is 32.6 Å². The van der Waals surface area contributed by atoms with E-state index in [4.69, 9.17) is 32.7 Å². The average molecular weight is 397 g/mol. The van der Waals surface area contributed by atoms with Crippen LogP contribution in [0.5, 0.6) is 11.5 Å². The molecule has 0 bridgehead atoms. The number of amides is 1. The Kier molecular flexibility index (Phi) is 8.04. The van der Waals surface area contributed by atoms with Gasteiger partial charge in [0.15, 0.2) is 11.5 Å². The summed E-state index contributed by atoms with van der Waals surface area (Å²) in [5.74, 6) is 1.32. The maximum absolute atomic E-state index is 12.0. The van der Waals surface area contributed by atoms with Gasteiger partial charge >= 0.3 is 0 Å². The second kappa shape index (κ2) is 10.3. The first-order valence-electron chi connectivity index (χ1n) is 8.20. The Morgan fingerprint density at radius 1 is 1.00 bits per heavy atom. The molecule has 0 heterocycles. The maximum Gasteiger partial charge on any atom is 0.225 e. The summed E-state index contributed by atoms with van der Waals surface area (Å²) in [6.07, 6.45) is 1.18. The van der Waals surface area contributed by atoms with Crippen molar-refractivity contribution in [2.24, 2.45) is 0 Å². The first-order valence-corrected chi connectivity index (χ1v) is 8.95. The van der Waals surface area contributed by atoms with Crippen molar-refractivity contribution < 1.29 is 14.3 Å². The van der Waals surface area contributed by atoms with Crippen LogP contribution in [0.1, 0.15) is 12.0 Å². The fourth-order valence-electron chi connectivity index (χ4n) is 2.40. The molecule has 0 saturated heterocycles. The third-order valence-corrected chi connectivity index (χ3v) is 4.32. The standard InChI is InChI=1S/C19H22Cl2N2O3/c1-25-17-6-3-13(11-18(17)26-2)7-9-22-10-8-19(24)23-16-5-4-14(20)12-15(16)21/h3-6,11-12,22H,7-10H2,1-2H3,(H,23,24).